The molecule has 0 aliphatic carbocycles. The number of anilines is 2. The van der Waals surface area contributed by atoms with E-state index < -0.39 is 10.0 Å². The van der Waals surface area contributed by atoms with E-state index in [9.17, 15) is 13.2 Å². The zero-order chi connectivity index (χ0) is 20.4. The van der Waals surface area contributed by atoms with E-state index in [1.54, 1.807) is 0 Å². The van der Waals surface area contributed by atoms with Crippen molar-refractivity contribution in [1.82, 2.24) is 0 Å². The number of nitrogens with zero attached hydrogens (tertiary/aromatic N) is 1. The Hall–Kier alpha value is -2.34. The van der Waals surface area contributed by atoms with Gasteiger partial charge in [-0.05, 0) is 55.0 Å². The molecule has 0 radical (unpaired) electrons. The van der Waals surface area contributed by atoms with Crippen molar-refractivity contribution in [2.45, 2.75) is 40.5 Å². The summed E-state index contributed by atoms with van der Waals surface area (Å²) in [5.74, 6) is -0.238. The van der Waals surface area contributed by atoms with Gasteiger partial charge in [0.1, 0.15) is 6.54 Å². The van der Waals surface area contributed by atoms with E-state index in [1.807, 2.05) is 71.0 Å². The fraction of sp³-hybridized carbons (Fsp3) is 0.381. The SMILES string of the molecule is Cc1ccc(C)c(NC(=O)CN(c2c(C)cccc2C(C)C)S(C)(=O)=O)c1. The molecule has 0 aromatic heterocycles. The maximum Gasteiger partial charge on any atom is 0.245 e. The first-order valence-corrected chi connectivity index (χ1v) is 10.8. The van der Waals surface area contributed by atoms with E-state index >= 15 is 0 Å². The lowest BCUT2D eigenvalue weighted by Gasteiger charge is -2.27. The third kappa shape index (κ3) is 5.10. The van der Waals surface area contributed by atoms with Gasteiger partial charge < -0.3 is 5.32 Å². The lowest BCUT2D eigenvalue weighted by atomic mass is 9.98. The number of hydrogen-bond donors (Lipinski definition) is 1. The maximum atomic E-state index is 12.7. The van der Waals surface area contributed by atoms with Gasteiger partial charge in [-0.15, -0.1) is 0 Å². The number of carbonyl (C=O) groups is 1. The van der Waals surface area contributed by atoms with Gasteiger partial charge in [-0.25, -0.2) is 8.42 Å². The van der Waals surface area contributed by atoms with Gasteiger partial charge in [-0.3, -0.25) is 9.10 Å². The summed E-state index contributed by atoms with van der Waals surface area (Å²) in [6, 6.07) is 11.5. The highest BCUT2D eigenvalue weighted by molar-refractivity contribution is 7.92. The molecule has 0 heterocycles. The Bertz CT molecular complexity index is 950. The summed E-state index contributed by atoms with van der Waals surface area (Å²) in [6.45, 7) is 9.46. The first-order chi connectivity index (χ1) is 12.5. The summed E-state index contributed by atoms with van der Waals surface area (Å²) in [4.78, 5) is 12.7. The second kappa shape index (κ2) is 8.13. The van der Waals surface area contributed by atoms with E-state index in [-0.39, 0.29) is 18.4 Å². The van der Waals surface area contributed by atoms with Crippen LogP contribution in [-0.4, -0.2) is 27.1 Å². The normalized spacial score (nSPS) is 11.5. The van der Waals surface area contributed by atoms with Crippen LogP contribution in [-0.2, 0) is 14.8 Å². The number of benzene rings is 2. The van der Waals surface area contributed by atoms with Gasteiger partial charge in [0.25, 0.3) is 0 Å². The van der Waals surface area contributed by atoms with Crippen LogP contribution in [0.15, 0.2) is 36.4 Å². The number of hydrogen-bond acceptors (Lipinski definition) is 3. The Balaban J connectivity index is 2.40. The van der Waals surface area contributed by atoms with Crippen molar-refractivity contribution in [2.24, 2.45) is 0 Å². The molecule has 5 nitrogen and oxygen atoms in total. The summed E-state index contributed by atoms with van der Waals surface area (Å²) in [5, 5.41) is 2.85. The van der Waals surface area contributed by atoms with Crippen molar-refractivity contribution >= 4 is 27.3 Å². The molecule has 1 amide bonds. The number of carbonyl (C=O) groups excluding carboxylic acids is 1. The Morgan fingerprint density at radius 1 is 1.07 bits per heavy atom. The molecule has 0 aliphatic rings. The molecule has 0 spiro atoms. The number of rotatable bonds is 6. The van der Waals surface area contributed by atoms with Gasteiger partial charge in [0.15, 0.2) is 0 Å². The second-order valence-corrected chi connectivity index (χ2v) is 9.21. The first kappa shape index (κ1) is 21.0. The topological polar surface area (TPSA) is 66.5 Å². The van der Waals surface area contributed by atoms with E-state index in [0.29, 0.717) is 11.4 Å². The van der Waals surface area contributed by atoms with Gasteiger partial charge in [0.2, 0.25) is 15.9 Å². The molecule has 2 aromatic carbocycles. The third-order valence-electron chi connectivity index (χ3n) is 4.50. The lowest BCUT2D eigenvalue weighted by Crippen LogP contribution is -2.38. The van der Waals surface area contributed by atoms with Crippen molar-refractivity contribution < 1.29 is 13.2 Å². The zero-order valence-corrected chi connectivity index (χ0v) is 17.6. The summed E-state index contributed by atoms with van der Waals surface area (Å²) in [5.41, 5.74) is 4.97. The van der Waals surface area contributed by atoms with E-state index in [1.165, 1.54) is 4.31 Å². The quantitative estimate of drug-likeness (QED) is 0.809. The van der Waals surface area contributed by atoms with Crippen LogP contribution >= 0.6 is 0 Å². The van der Waals surface area contributed by atoms with Gasteiger partial charge in [-0.1, -0.05) is 44.2 Å². The molecule has 0 unspecified atom stereocenters. The molecule has 2 rings (SSSR count). The van der Waals surface area contributed by atoms with Crippen LogP contribution in [0.1, 0.15) is 42.0 Å². The monoisotopic (exact) mass is 388 g/mol. The summed E-state index contributed by atoms with van der Waals surface area (Å²) in [7, 11) is -3.63. The standard InChI is InChI=1S/C21H28N2O3S/c1-14(2)18-9-7-8-17(5)21(18)23(27(6,25)26)13-20(24)22-19-12-15(3)10-11-16(19)4/h7-12,14H,13H2,1-6H3,(H,22,24). The molecular weight excluding hydrogens is 360 g/mol. The van der Waals surface area contributed by atoms with Crippen LogP contribution in [0.4, 0.5) is 11.4 Å². The van der Waals surface area contributed by atoms with E-state index in [0.717, 1.165) is 28.5 Å². The van der Waals surface area contributed by atoms with Gasteiger partial charge in [0.05, 0.1) is 11.9 Å². The van der Waals surface area contributed by atoms with Crippen LogP contribution in [0, 0.1) is 20.8 Å². The Morgan fingerprint density at radius 2 is 1.74 bits per heavy atom. The average Bonchev–Trinajstić information content (AvgIpc) is 2.55. The Labute approximate surface area is 162 Å². The minimum Gasteiger partial charge on any atom is -0.324 e. The molecule has 27 heavy (non-hydrogen) atoms. The average molecular weight is 389 g/mol. The van der Waals surface area contributed by atoms with Crippen molar-refractivity contribution in [3.8, 4) is 0 Å². The van der Waals surface area contributed by atoms with Crippen molar-refractivity contribution in [3.05, 3.63) is 58.7 Å². The lowest BCUT2D eigenvalue weighted by molar-refractivity contribution is -0.114. The molecular formula is C21H28N2O3S. The molecule has 146 valence electrons. The highest BCUT2D eigenvalue weighted by Gasteiger charge is 2.25. The largest absolute Gasteiger partial charge is 0.324 e. The van der Waals surface area contributed by atoms with Crippen molar-refractivity contribution in [2.75, 3.05) is 22.4 Å². The van der Waals surface area contributed by atoms with Gasteiger partial charge in [-0.2, -0.15) is 0 Å². The fourth-order valence-corrected chi connectivity index (χ4v) is 3.97. The molecule has 6 heteroatoms. The molecule has 0 saturated carbocycles. The summed E-state index contributed by atoms with van der Waals surface area (Å²) >= 11 is 0. The highest BCUT2D eigenvalue weighted by atomic mass is 32.2. The molecule has 2 aromatic rings. The van der Waals surface area contributed by atoms with Crippen molar-refractivity contribution in [3.63, 3.8) is 0 Å². The second-order valence-electron chi connectivity index (χ2n) is 7.30. The highest BCUT2D eigenvalue weighted by Crippen LogP contribution is 2.32. The maximum absolute atomic E-state index is 12.7. The van der Waals surface area contributed by atoms with E-state index in [4.69, 9.17) is 0 Å². The molecule has 0 bridgehead atoms. The summed E-state index contributed by atoms with van der Waals surface area (Å²) in [6.07, 6.45) is 1.13. The van der Waals surface area contributed by atoms with E-state index in [2.05, 4.69) is 5.32 Å². The molecule has 0 atom stereocenters. The molecule has 1 N–H and O–H groups in total. The minimum atomic E-state index is -3.63. The van der Waals surface area contributed by atoms with Crippen LogP contribution in [0.5, 0.6) is 0 Å². The number of aryl methyl sites for hydroxylation is 3. The number of para-hydroxylation sites is 1. The van der Waals surface area contributed by atoms with Crippen LogP contribution in [0.3, 0.4) is 0 Å². The number of nitrogens with one attached hydrogen (secondary N) is 1. The van der Waals surface area contributed by atoms with Crippen LogP contribution in [0.25, 0.3) is 0 Å². The fourth-order valence-electron chi connectivity index (χ4n) is 3.04. The smallest absolute Gasteiger partial charge is 0.245 e. The molecule has 0 fully saturated rings. The summed E-state index contributed by atoms with van der Waals surface area (Å²) < 4.78 is 26.2. The van der Waals surface area contributed by atoms with Crippen molar-refractivity contribution in [1.29, 1.82) is 0 Å². The zero-order valence-electron chi connectivity index (χ0n) is 16.8. The van der Waals surface area contributed by atoms with Gasteiger partial charge >= 0.3 is 0 Å². The third-order valence-corrected chi connectivity index (χ3v) is 5.61. The minimum absolute atomic E-state index is 0.131. The predicted octanol–water partition coefficient (Wildman–Crippen LogP) is 4.14. The van der Waals surface area contributed by atoms with Crippen LogP contribution < -0.4 is 9.62 Å². The first-order valence-electron chi connectivity index (χ1n) is 8.95. The Kier molecular flexibility index (Phi) is 6.31. The van der Waals surface area contributed by atoms with Gasteiger partial charge in [0, 0.05) is 5.69 Å². The molecule has 0 aliphatic heterocycles. The number of sulfonamides is 1. The molecule has 0 saturated heterocycles. The number of amides is 1. The predicted molar refractivity (Wildman–Crippen MR) is 112 cm³/mol. The Morgan fingerprint density at radius 3 is 2.33 bits per heavy atom. The van der Waals surface area contributed by atoms with Crippen LogP contribution in [0.2, 0.25) is 0 Å².